The maximum atomic E-state index is 13.5. The van der Waals surface area contributed by atoms with Gasteiger partial charge in [0.15, 0.2) is 5.76 Å². The van der Waals surface area contributed by atoms with E-state index in [0.717, 1.165) is 5.56 Å². The first-order valence-corrected chi connectivity index (χ1v) is 6.55. The van der Waals surface area contributed by atoms with Gasteiger partial charge in [0.2, 0.25) is 0 Å². The number of halogens is 3. The average molecular weight is 308 g/mol. The molecule has 5 heteroatoms. The molecule has 0 saturated carbocycles. The molecule has 2 aromatic heterocycles. The van der Waals surface area contributed by atoms with Gasteiger partial charge in [-0.3, -0.25) is 0 Å². The van der Waals surface area contributed by atoms with E-state index in [9.17, 15) is 4.39 Å². The summed E-state index contributed by atoms with van der Waals surface area (Å²) in [5.74, 6) is 0.151. The molecule has 2 nitrogen and oxygen atoms in total. The molecule has 0 unspecified atom stereocenters. The molecule has 0 amide bonds. The molecule has 0 N–H and O–H groups in total. The standard InChI is InChI=1S/C15H8Cl2FNO/c16-13-5-6-20-15(13)11-3-2-10(18)7-12(11)9-1-4-14(17)19-8-9/h1-8H. The summed E-state index contributed by atoms with van der Waals surface area (Å²) in [6.07, 6.45) is 3.07. The maximum Gasteiger partial charge on any atom is 0.153 e. The predicted molar refractivity (Wildman–Crippen MR) is 77.4 cm³/mol. The smallest absolute Gasteiger partial charge is 0.153 e. The van der Waals surface area contributed by atoms with Crippen LogP contribution in [-0.2, 0) is 0 Å². The minimum absolute atomic E-state index is 0.346. The number of pyridine rings is 1. The summed E-state index contributed by atoms with van der Waals surface area (Å²) < 4.78 is 18.9. The Labute approximate surface area is 124 Å². The highest BCUT2D eigenvalue weighted by molar-refractivity contribution is 6.33. The van der Waals surface area contributed by atoms with Gasteiger partial charge in [-0.2, -0.15) is 0 Å². The Morgan fingerprint density at radius 2 is 1.85 bits per heavy atom. The van der Waals surface area contributed by atoms with Crippen LogP contribution < -0.4 is 0 Å². The summed E-state index contributed by atoms with van der Waals surface area (Å²) in [4.78, 5) is 4.01. The third-order valence-corrected chi connectivity index (χ3v) is 3.40. The van der Waals surface area contributed by atoms with E-state index in [2.05, 4.69) is 4.98 Å². The Morgan fingerprint density at radius 1 is 1.00 bits per heavy atom. The molecule has 0 aliphatic heterocycles. The molecule has 0 spiro atoms. The molecule has 0 atom stereocenters. The highest BCUT2D eigenvalue weighted by Gasteiger charge is 2.14. The summed E-state index contributed by atoms with van der Waals surface area (Å²) in [6.45, 7) is 0. The molecular formula is C15H8Cl2FNO. The third kappa shape index (κ3) is 2.42. The zero-order valence-corrected chi connectivity index (χ0v) is 11.6. The fourth-order valence-electron chi connectivity index (χ4n) is 1.97. The number of hydrogen-bond acceptors (Lipinski definition) is 2. The number of benzene rings is 1. The molecule has 1 aromatic carbocycles. The van der Waals surface area contributed by atoms with Crippen molar-refractivity contribution in [3.8, 4) is 22.5 Å². The lowest BCUT2D eigenvalue weighted by Gasteiger charge is -2.08. The van der Waals surface area contributed by atoms with Gasteiger partial charge in [-0.1, -0.05) is 23.2 Å². The highest BCUT2D eigenvalue weighted by Crippen LogP contribution is 2.36. The van der Waals surface area contributed by atoms with Gasteiger partial charge < -0.3 is 4.42 Å². The monoisotopic (exact) mass is 307 g/mol. The molecule has 2 heterocycles. The quantitative estimate of drug-likeness (QED) is 0.588. The zero-order valence-electron chi connectivity index (χ0n) is 10.1. The van der Waals surface area contributed by atoms with Crippen LogP contribution in [-0.4, -0.2) is 4.98 Å². The molecule has 0 radical (unpaired) electrons. The number of nitrogens with zero attached hydrogens (tertiary/aromatic N) is 1. The summed E-state index contributed by atoms with van der Waals surface area (Å²) >= 11 is 11.8. The largest absolute Gasteiger partial charge is 0.463 e. The Kier molecular flexibility index (Phi) is 3.47. The highest BCUT2D eigenvalue weighted by atomic mass is 35.5. The fourth-order valence-corrected chi connectivity index (χ4v) is 2.28. The first-order valence-electron chi connectivity index (χ1n) is 5.80. The minimum Gasteiger partial charge on any atom is -0.463 e. The lowest BCUT2D eigenvalue weighted by molar-refractivity contribution is 0.582. The first-order chi connectivity index (χ1) is 9.65. The molecule has 0 fully saturated rings. The molecule has 3 rings (SSSR count). The normalized spacial score (nSPS) is 10.8. The van der Waals surface area contributed by atoms with Crippen molar-refractivity contribution >= 4 is 23.2 Å². The molecule has 20 heavy (non-hydrogen) atoms. The van der Waals surface area contributed by atoms with Gasteiger partial charge in [0.1, 0.15) is 11.0 Å². The van der Waals surface area contributed by atoms with Crippen LogP contribution in [0, 0.1) is 5.82 Å². The fraction of sp³-hybridized carbons (Fsp3) is 0. The van der Waals surface area contributed by atoms with Gasteiger partial charge in [0, 0.05) is 17.3 Å². The van der Waals surface area contributed by atoms with Crippen molar-refractivity contribution in [2.24, 2.45) is 0 Å². The zero-order chi connectivity index (χ0) is 14.1. The van der Waals surface area contributed by atoms with Crippen LogP contribution in [0.4, 0.5) is 4.39 Å². The summed E-state index contributed by atoms with van der Waals surface area (Å²) in [7, 11) is 0. The van der Waals surface area contributed by atoms with Gasteiger partial charge in [0.25, 0.3) is 0 Å². The minimum atomic E-state index is -0.346. The summed E-state index contributed by atoms with van der Waals surface area (Å²) in [6, 6.07) is 9.47. The second-order valence-corrected chi connectivity index (χ2v) is 4.95. The van der Waals surface area contributed by atoms with E-state index in [1.807, 2.05) is 0 Å². The van der Waals surface area contributed by atoms with Crippen LogP contribution in [0.1, 0.15) is 0 Å². The van der Waals surface area contributed by atoms with Gasteiger partial charge in [-0.25, -0.2) is 9.37 Å². The van der Waals surface area contributed by atoms with E-state index < -0.39 is 0 Å². The summed E-state index contributed by atoms with van der Waals surface area (Å²) in [5.41, 5.74) is 2.08. The van der Waals surface area contributed by atoms with Crippen molar-refractivity contribution in [2.75, 3.05) is 0 Å². The molecule has 0 saturated heterocycles. The van der Waals surface area contributed by atoms with Crippen LogP contribution in [0.2, 0.25) is 10.2 Å². The predicted octanol–water partition coefficient (Wildman–Crippen LogP) is 5.45. The van der Waals surface area contributed by atoms with Crippen molar-refractivity contribution in [1.29, 1.82) is 0 Å². The van der Waals surface area contributed by atoms with Crippen LogP contribution in [0.5, 0.6) is 0 Å². The van der Waals surface area contributed by atoms with Crippen LogP contribution in [0.15, 0.2) is 53.3 Å². The molecular weight excluding hydrogens is 300 g/mol. The second-order valence-electron chi connectivity index (χ2n) is 4.16. The van der Waals surface area contributed by atoms with E-state index >= 15 is 0 Å². The Balaban J connectivity index is 2.21. The SMILES string of the molecule is Fc1ccc(-c2occc2Cl)c(-c2ccc(Cl)nc2)c1. The van der Waals surface area contributed by atoms with E-state index in [4.69, 9.17) is 27.6 Å². The first kappa shape index (κ1) is 13.2. The second kappa shape index (κ2) is 5.27. The molecule has 100 valence electrons. The van der Waals surface area contributed by atoms with Crippen LogP contribution >= 0.6 is 23.2 Å². The molecule has 0 aliphatic rings. The Hall–Kier alpha value is -1.84. The number of furan rings is 1. The van der Waals surface area contributed by atoms with Gasteiger partial charge in [0.05, 0.1) is 11.3 Å². The van der Waals surface area contributed by atoms with Crippen LogP contribution in [0.3, 0.4) is 0 Å². The van der Waals surface area contributed by atoms with Gasteiger partial charge >= 0.3 is 0 Å². The number of aromatic nitrogens is 1. The van der Waals surface area contributed by atoms with Crippen molar-refractivity contribution < 1.29 is 8.81 Å². The van der Waals surface area contributed by atoms with Gasteiger partial charge in [-0.05, 0) is 42.0 Å². The van der Waals surface area contributed by atoms with E-state index in [1.165, 1.54) is 18.4 Å². The third-order valence-electron chi connectivity index (χ3n) is 2.88. The van der Waals surface area contributed by atoms with E-state index in [1.54, 1.807) is 30.5 Å². The Bertz CT molecular complexity index is 753. The number of rotatable bonds is 2. The topological polar surface area (TPSA) is 26.0 Å². The average Bonchev–Trinajstić information content (AvgIpc) is 2.86. The van der Waals surface area contributed by atoms with E-state index in [-0.39, 0.29) is 5.82 Å². The van der Waals surface area contributed by atoms with Crippen molar-refractivity contribution in [3.63, 3.8) is 0 Å². The van der Waals surface area contributed by atoms with Crippen molar-refractivity contribution in [2.45, 2.75) is 0 Å². The van der Waals surface area contributed by atoms with Gasteiger partial charge in [-0.15, -0.1) is 0 Å². The lowest BCUT2D eigenvalue weighted by Crippen LogP contribution is -1.87. The Morgan fingerprint density at radius 3 is 2.50 bits per heavy atom. The molecule has 0 bridgehead atoms. The molecule has 3 aromatic rings. The van der Waals surface area contributed by atoms with Crippen molar-refractivity contribution in [1.82, 2.24) is 4.98 Å². The maximum absolute atomic E-state index is 13.5. The molecule has 0 aliphatic carbocycles. The number of hydrogen-bond donors (Lipinski definition) is 0. The van der Waals surface area contributed by atoms with Crippen molar-refractivity contribution in [3.05, 3.63) is 64.9 Å². The van der Waals surface area contributed by atoms with E-state index in [0.29, 0.717) is 27.1 Å². The summed E-state index contributed by atoms with van der Waals surface area (Å²) in [5, 5.41) is 0.850. The van der Waals surface area contributed by atoms with Crippen LogP contribution in [0.25, 0.3) is 22.5 Å². The lowest BCUT2D eigenvalue weighted by atomic mass is 9.99.